The van der Waals surface area contributed by atoms with Crippen molar-refractivity contribution < 1.29 is 29.0 Å². The minimum Gasteiger partial charge on any atom is -0.461 e. The molecule has 0 saturated heterocycles. The zero-order valence-corrected chi connectivity index (χ0v) is 17.7. The van der Waals surface area contributed by atoms with E-state index in [0.29, 0.717) is 0 Å². The number of rotatable bonds is 5. The molecular formula is C19H28N4O6. The van der Waals surface area contributed by atoms with Crippen LogP contribution in [-0.4, -0.2) is 75.4 Å². The van der Waals surface area contributed by atoms with E-state index in [1.54, 1.807) is 46.7 Å². The van der Waals surface area contributed by atoms with Crippen LogP contribution in [0.2, 0.25) is 0 Å². The van der Waals surface area contributed by atoms with Crippen molar-refractivity contribution in [1.82, 2.24) is 19.6 Å². The molecule has 0 atom stereocenters. The molecule has 0 aliphatic carbocycles. The van der Waals surface area contributed by atoms with Crippen LogP contribution in [0.3, 0.4) is 0 Å². The van der Waals surface area contributed by atoms with Crippen molar-refractivity contribution in [2.24, 2.45) is 0 Å². The Morgan fingerprint density at radius 2 is 1.97 bits per heavy atom. The molecule has 0 fully saturated rings. The first-order chi connectivity index (χ1) is 13.5. The van der Waals surface area contributed by atoms with Gasteiger partial charge in [-0.2, -0.15) is 5.10 Å². The zero-order valence-electron chi connectivity index (χ0n) is 17.7. The van der Waals surface area contributed by atoms with Crippen LogP contribution in [0.5, 0.6) is 0 Å². The van der Waals surface area contributed by atoms with Gasteiger partial charge in [0.25, 0.3) is 0 Å². The van der Waals surface area contributed by atoms with Crippen LogP contribution in [0.25, 0.3) is 0 Å². The van der Waals surface area contributed by atoms with Crippen molar-refractivity contribution in [3.63, 3.8) is 0 Å². The summed E-state index contributed by atoms with van der Waals surface area (Å²) in [6.07, 6.45) is 0.796. The average Bonchev–Trinajstić information content (AvgIpc) is 2.94. The number of amides is 1. The monoisotopic (exact) mass is 408 g/mol. The van der Waals surface area contributed by atoms with Crippen LogP contribution in [0.1, 0.15) is 54.2 Å². The van der Waals surface area contributed by atoms with Gasteiger partial charge in [-0.05, 0) is 27.7 Å². The average molecular weight is 408 g/mol. The van der Waals surface area contributed by atoms with Gasteiger partial charge in [0.2, 0.25) is 5.78 Å². The number of esters is 1. The summed E-state index contributed by atoms with van der Waals surface area (Å²) in [6, 6.07) is 0. The Labute approximate surface area is 169 Å². The summed E-state index contributed by atoms with van der Waals surface area (Å²) < 4.78 is 11.8. The molecule has 2 rings (SSSR count). The molecule has 1 N–H and O–H groups in total. The number of aromatic nitrogens is 2. The summed E-state index contributed by atoms with van der Waals surface area (Å²) in [4.78, 5) is 41.3. The molecule has 1 amide bonds. The van der Waals surface area contributed by atoms with Gasteiger partial charge in [0.15, 0.2) is 5.69 Å². The van der Waals surface area contributed by atoms with E-state index >= 15 is 0 Å². The number of Topliss-reactive ketones (excluding diaryl/α,β-unsaturated/α-hetero) is 1. The molecule has 0 radical (unpaired) electrons. The largest absolute Gasteiger partial charge is 0.461 e. The van der Waals surface area contributed by atoms with Gasteiger partial charge in [-0.25, -0.2) is 9.59 Å². The maximum atomic E-state index is 13.3. The molecule has 0 bridgehead atoms. The van der Waals surface area contributed by atoms with Crippen LogP contribution in [0.4, 0.5) is 4.79 Å². The van der Waals surface area contributed by atoms with Crippen molar-refractivity contribution in [2.45, 2.75) is 46.4 Å². The van der Waals surface area contributed by atoms with E-state index in [0.717, 1.165) is 0 Å². The maximum absolute atomic E-state index is 13.3. The molecule has 1 aliphatic heterocycles. The lowest BCUT2D eigenvalue weighted by Gasteiger charge is -2.32. The Balaban J connectivity index is 2.62. The molecule has 29 heavy (non-hydrogen) atoms. The van der Waals surface area contributed by atoms with Gasteiger partial charge in [-0.15, -0.1) is 0 Å². The van der Waals surface area contributed by atoms with E-state index in [9.17, 15) is 19.5 Å². The minimum atomic E-state index is -0.769. The summed E-state index contributed by atoms with van der Waals surface area (Å²) in [5.74, 6) is -1.19. The predicted octanol–water partition coefficient (Wildman–Crippen LogP) is 1.39. The molecule has 2 heterocycles. The molecule has 1 aliphatic rings. The number of nitrogens with zero attached hydrogens (tertiary/aromatic N) is 4. The molecule has 1 aromatic rings. The Hall–Kier alpha value is -2.88. The molecule has 0 spiro atoms. The molecule has 10 heteroatoms. The number of hydrogen-bond acceptors (Lipinski definition) is 8. The van der Waals surface area contributed by atoms with Gasteiger partial charge >= 0.3 is 12.1 Å². The van der Waals surface area contributed by atoms with E-state index in [2.05, 4.69) is 5.10 Å². The van der Waals surface area contributed by atoms with Crippen molar-refractivity contribution in [1.29, 1.82) is 0 Å². The topological polar surface area (TPSA) is 114 Å². The van der Waals surface area contributed by atoms with Crippen molar-refractivity contribution >= 4 is 17.8 Å². The summed E-state index contributed by atoms with van der Waals surface area (Å²) in [5.41, 5.74) is -0.319. The second-order valence-electron chi connectivity index (χ2n) is 7.72. The summed E-state index contributed by atoms with van der Waals surface area (Å²) in [6.45, 7) is 6.62. The number of ketones is 1. The molecule has 0 saturated carbocycles. The number of hydrogen-bond donors (Lipinski definition) is 1. The van der Waals surface area contributed by atoms with E-state index in [1.165, 1.54) is 15.8 Å². The van der Waals surface area contributed by atoms with E-state index < -0.39 is 23.4 Å². The SMILES string of the molecule is CCOC(=O)c1nn(CCO)c2c1CN(C(=O)OC(C)(C)C)/C(=C/N(C)C)C2=O. The standard InChI is InChI=1S/C19H28N4O6/c1-7-28-17(26)14-12-10-22(18(27)29-19(2,3)4)13(11-21(5)6)16(25)15(12)23(20-14)8-9-24/h11,24H,7-10H2,1-6H3/b13-11+. The van der Waals surface area contributed by atoms with Crippen molar-refractivity contribution in [2.75, 3.05) is 27.3 Å². The fraction of sp³-hybridized carbons (Fsp3) is 0.579. The predicted molar refractivity (Wildman–Crippen MR) is 103 cm³/mol. The first-order valence-electron chi connectivity index (χ1n) is 9.31. The Morgan fingerprint density at radius 3 is 2.48 bits per heavy atom. The van der Waals surface area contributed by atoms with Crippen LogP contribution in [-0.2, 0) is 22.6 Å². The second kappa shape index (κ2) is 8.64. The second-order valence-corrected chi connectivity index (χ2v) is 7.72. The summed E-state index contributed by atoms with van der Waals surface area (Å²) in [5, 5.41) is 13.5. The fourth-order valence-corrected chi connectivity index (χ4v) is 2.86. The number of fused-ring (bicyclic) bond motifs is 1. The Kier molecular flexibility index (Phi) is 6.68. The Bertz CT molecular complexity index is 834. The highest BCUT2D eigenvalue weighted by molar-refractivity contribution is 6.12. The normalized spacial score (nSPS) is 15.3. The minimum absolute atomic E-state index is 0.0230. The molecule has 0 aromatic carbocycles. The molecule has 0 unspecified atom stereocenters. The number of aliphatic hydroxyl groups is 1. The Morgan fingerprint density at radius 1 is 1.31 bits per heavy atom. The van der Waals surface area contributed by atoms with Gasteiger partial charge in [-0.3, -0.25) is 14.4 Å². The van der Waals surface area contributed by atoms with Gasteiger partial charge < -0.3 is 19.5 Å². The van der Waals surface area contributed by atoms with Gasteiger partial charge in [0, 0.05) is 25.9 Å². The quantitative estimate of drug-likeness (QED) is 0.574. The first-order valence-corrected chi connectivity index (χ1v) is 9.31. The summed E-state index contributed by atoms with van der Waals surface area (Å²) in [7, 11) is 3.44. The maximum Gasteiger partial charge on any atom is 0.415 e. The highest BCUT2D eigenvalue weighted by atomic mass is 16.6. The van der Waals surface area contributed by atoms with Gasteiger partial charge in [0.05, 0.1) is 26.3 Å². The molecular weight excluding hydrogens is 380 g/mol. The van der Waals surface area contributed by atoms with Crippen molar-refractivity contribution in [3.8, 4) is 0 Å². The number of carbonyl (C=O) groups is 3. The third-order valence-electron chi connectivity index (χ3n) is 3.88. The van der Waals surface area contributed by atoms with E-state index in [-0.39, 0.29) is 49.0 Å². The van der Waals surface area contributed by atoms with Crippen LogP contribution >= 0.6 is 0 Å². The van der Waals surface area contributed by atoms with E-state index in [1.807, 2.05) is 0 Å². The summed E-state index contributed by atoms with van der Waals surface area (Å²) >= 11 is 0. The highest BCUT2D eigenvalue weighted by Gasteiger charge is 2.40. The van der Waals surface area contributed by atoms with Gasteiger partial charge in [0.1, 0.15) is 17.0 Å². The lowest BCUT2D eigenvalue weighted by Crippen LogP contribution is -2.42. The third-order valence-corrected chi connectivity index (χ3v) is 3.88. The molecule has 1 aromatic heterocycles. The number of allylic oxidation sites excluding steroid dienone is 1. The van der Waals surface area contributed by atoms with Crippen molar-refractivity contribution in [3.05, 3.63) is 28.8 Å². The number of carbonyl (C=O) groups excluding carboxylic acids is 3. The first kappa shape index (κ1) is 22.4. The van der Waals surface area contributed by atoms with Crippen LogP contribution < -0.4 is 0 Å². The molecule has 10 nitrogen and oxygen atoms in total. The smallest absolute Gasteiger partial charge is 0.415 e. The zero-order chi connectivity index (χ0) is 21.9. The number of aliphatic hydroxyl groups excluding tert-OH is 1. The fourth-order valence-electron chi connectivity index (χ4n) is 2.86. The number of ether oxygens (including phenoxy) is 2. The lowest BCUT2D eigenvalue weighted by molar-refractivity contribution is 0.0276. The van der Waals surface area contributed by atoms with Gasteiger partial charge in [-0.1, -0.05) is 0 Å². The third kappa shape index (κ3) is 4.94. The molecule has 160 valence electrons. The lowest BCUT2D eigenvalue weighted by atomic mass is 10.0. The van der Waals surface area contributed by atoms with Crippen LogP contribution in [0, 0.1) is 0 Å². The van der Waals surface area contributed by atoms with Crippen LogP contribution in [0.15, 0.2) is 11.9 Å². The highest BCUT2D eigenvalue weighted by Crippen LogP contribution is 2.30. The van der Waals surface area contributed by atoms with E-state index in [4.69, 9.17) is 9.47 Å².